The van der Waals surface area contributed by atoms with Crippen molar-refractivity contribution in [2.45, 2.75) is 39.3 Å². The highest BCUT2D eigenvalue weighted by molar-refractivity contribution is 5.34. The molecule has 1 N–H and O–H groups in total. The van der Waals surface area contributed by atoms with Crippen molar-refractivity contribution in [3.63, 3.8) is 0 Å². The minimum atomic E-state index is 0.639. The number of aryl methyl sites for hydroxylation is 1. The summed E-state index contributed by atoms with van der Waals surface area (Å²) in [5, 5.41) is 3.48. The van der Waals surface area contributed by atoms with E-state index in [1.807, 2.05) is 0 Å². The van der Waals surface area contributed by atoms with Gasteiger partial charge in [0.05, 0.1) is 0 Å². The Hall–Kier alpha value is -0.820. The van der Waals surface area contributed by atoms with Crippen LogP contribution in [0.2, 0.25) is 0 Å². The van der Waals surface area contributed by atoms with Gasteiger partial charge in [0, 0.05) is 12.6 Å². The lowest BCUT2D eigenvalue weighted by molar-refractivity contribution is 0.513. The van der Waals surface area contributed by atoms with Gasteiger partial charge in [0.25, 0.3) is 0 Å². The fourth-order valence-corrected chi connectivity index (χ4v) is 1.95. The van der Waals surface area contributed by atoms with Crippen molar-refractivity contribution in [1.29, 1.82) is 0 Å². The van der Waals surface area contributed by atoms with Crippen LogP contribution in [0.5, 0.6) is 0 Å². The standard InChI is InChI=1S/C12H17N/c1-3-10-4-5-11-8-13-9(2)6-12(11)7-10/h4-5,7,9,13H,3,6,8H2,1-2H3. The zero-order chi connectivity index (χ0) is 9.26. The van der Waals surface area contributed by atoms with Gasteiger partial charge in [-0.25, -0.2) is 0 Å². The lowest BCUT2D eigenvalue weighted by Gasteiger charge is -2.23. The molecule has 1 heterocycles. The van der Waals surface area contributed by atoms with E-state index in [9.17, 15) is 0 Å². The van der Waals surface area contributed by atoms with E-state index in [4.69, 9.17) is 0 Å². The number of hydrogen-bond donors (Lipinski definition) is 1. The summed E-state index contributed by atoms with van der Waals surface area (Å²) >= 11 is 0. The van der Waals surface area contributed by atoms with E-state index < -0.39 is 0 Å². The first-order chi connectivity index (χ1) is 6.29. The van der Waals surface area contributed by atoms with E-state index in [2.05, 4.69) is 37.4 Å². The molecule has 1 aliphatic heterocycles. The third-order valence-electron chi connectivity index (χ3n) is 2.85. The van der Waals surface area contributed by atoms with Gasteiger partial charge in [0.2, 0.25) is 0 Å². The molecule has 0 spiro atoms. The fraction of sp³-hybridized carbons (Fsp3) is 0.500. The number of rotatable bonds is 1. The average molecular weight is 175 g/mol. The molecule has 1 nitrogen and oxygen atoms in total. The largest absolute Gasteiger partial charge is 0.310 e. The van der Waals surface area contributed by atoms with Crippen molar-refractivity contribution >= 4 is 0 Å². The van der Waals surface area contributed by atoms with Crippen LogP contribution in [0.25, 0.3) is 0 Å². The van der Waals surface area contributed by atoms with E-state index in [0.717, 1.165) is 13.0 Å². The van der Waals surface area contributed by atoms with Gasteiger partial charge in [-0.2, -0.15) is 0 Å². The third-order valence-corrected chi connectivity index (χ3v) is 2.85. The van der Waals surface area contributed by atoms with Crippen LogP contribution in [0.1, 0.15) is 30.5 Å². The predicted molar refractivity (Wildman–Crippen MR) is 55.8 cm³/mol. The van der Waals surface area contributed by atoms with Gasteiger partial charge in [-0.3, -0.25) is 0 Å². The molecule has 13 heavy (non-hydrogen) atoms. The lowest BCUT2D eigenvalue weighted by Crippen LogP contribution is -2.32. The van der Waals surface area contributed by atoms with Crippen molar-refractivity contribution in [3.05, 3.63) is 34.9 Å². The summed E-state index contributed by atoms with van der Waals surface area (Å²) in [5.41, 5.74) is 4.49. The molecule has 0 saturated carbocycles. The van der Waals surface area contributed by atoms with Gasteiger partial charge in [-0.05, 0) is 36.5 Å². The first-order valence-corrected chi connectivity index (χ1v) is 5.13. The van der Waals surface area contributed by atoms with E-state index in [1.54, 1.807) is 5.56 Å². The van der Waals surface area contributed by atoms with Crippen molar-refractivity contribution in [2.24, 2.45) is 0 Å². The van der Waals surface area contributed by atoms with Crippen molar-refractivity contribution in [3.8, 4) is 0 Å². The Bertz CT molecular complexity index is 304. The summed E-state index contributed by atoms with van der Waals surface area (Å²) in [6.45, 7) is 5.51. The van der Waals surface area contributed by atoms with Crippen molar-refractivity contribution < 1.29 is 0 Å². The Morgan fingerprint density at radius 3 is 3.00 bits per heavy atom. The molecule has 1 aromatic rings. The van der Waals surface area contributed by atoms with Crippen LogP contribution in [0.3, 0.4) is 0 Å². The Morgan fingerprint density at radius 1 is 1.38 bits per heavy atom. The van der Waals surface area contributed by atoms with Crippen LogP contribution < -0.4 is 5.32 Å². The smallest absolute Gasteiger partial charge is 0.0210 e. The summed E-state index contributed by atoms with van der Waals surface area (Å²) < 4.78 is 0. The minimum Gasteiger partial charge on any atom is -0.310 e. The Morgan fingerprint density at radius 2 is 2.23 bits per heavy atom. The summed E-state index contributed by atoms with van der Waals surface area (Å²) in [6, 6.07) is 7.52. The van der Waals surface area contributed by atoms with Gasteiger partial charge in [-0.15, -0.1) is 0 Å². The maximum Gasteiger partial charge on any atom is 0.0210 e. The van der Waals surface area contributed by atoms with Gasteiger partial charge < -0.3 is 5.32 Å². The lowest BCUT2D eigenvalue weighted by atomic mass is 9.94. The molecular formula is C12H17N. The molecule has 1 aliphatic rings. The van der Waals surface area contributed by atoms with Gasteiger partial charge in [-0.1, -0.05) is 25.1 Å². The minimum absolute atomic E-state index is 0.639. The zero-order valence-electron chi connectivity index (χ0n) is 8.43. The third kappa shape index (κ3) is 1.75. The molecular weight excluding hydrogens is 158 g/mol. The van der Waals surface area contributed by atoms with Crippen LogP contribution in [-0.2, 0) is 19.4 Å². The molecule has 0 aromatic heterocycles. The molecule has 1 heteroatoms. The van der Waals surface area contributed by atoms with E-state index in [-0.39, 0.29) is 0 Å². The van der Waals surface area contributed by atoms with Crippen molar-refractivity contribution in [1.82, 2.24) is 5.32 Å². The van der Waals surface area contributed by atoms with Crippen LogP contribution in [0.15, 0.2) is 18.2 Å². The van der Waals surface area contributed by atoms with Crippen LogP contribution in [0.4, 0.5) is 0 Å². The second-order valence-electron chi connectivity index (χ2n) is 3.94. The topological polar surface area (TPSA) is 12.0 Å². The number of nitrogens with one attached hydrogen (secondary N) is 1. The molecule has 2 rings (SSSR count). The molecule has 1 aromatic carbocycles. The SMILES string of the molecule is CCc1ccc2c(c1)CC(C)NC2. The fourth-order valence-electron chi connectivity index (χ4n) is 1.95. The summed E-state index contributed by atoms with van der Waals surface area (Å²) in [5.74, 6) is 0. The molecule has 1 unspecified atom stereocenters. The van der Waals surface area contributed by atoms with E-state index in [1.165, 1.54) is 17.5 Å². The van der Waals surface area contributed by atoms with Gasteiger partial charge >= 0.3 is 0 Å². The normalized spacial score (nSPS) is 21.2. The van der Waals surface area contributed by atoms with Crippen molar-refractivity contribution in [2.75, 3.05) is 0 Å². The average Bonchev–Trinajstić information content (AvgIpc) is 2.16. The molecule has 0 radical (unpaired) electrons. The first-order valence-electron chi connectivity index (χ1n) is 5.13. The predicted octanol–water partition coefficient (Wildman–Crippen LogP) is 2.28. The number of hydrogen-bond acceptors (Lipinski definition) is 1. The molecule has 0 amide bonds. The molecule has 0 saturated heterocycles. The maximum atomic E-state index is 3.48. The summed E-state index contributed by atoms with van der Waals surface area (Å²) in [6.07, 6.45) is 2.33. The quantitative estimate of drug-likeness (QED) is 0.690. The summed E-state index contributed by atoms with van der Waals surface area (Å²) in [7, 11) is 0. The highest BCUT2D eigenvalue weighted by Crippen LogP contribution is 2.18. The molecule has 0 bridgehead atoms. The van der Waals surface area contributed by atoms with Crippen LogP contribution >= 0.6 is 0 Å². The van der Waals surface area contributed by atoms with Crippen LogP contribution in [0, 0.1) is 0 Å². The number of benzene rings is 1. The maximum absolute atomic E-state index is 3.48. The van der Waals surface area contributed by atoms with Gasteiger partial charge in [0.1, 0.15) is 0 Å². The number of fused-ring (bicyclic) bond motifs is 1. The molecule has 0 fully saturated rings. The monoisotopic (exact) mass is 175 g/mol. The molecule has 1 atom stereocenters. The van der Waals surface area contributed by atoms with Gasteiger partial charge in [0.15, 0.2) is 0 Å². The van der Waals surface area contributed by atoms with E-state index >= 15 is 0 Å². The zero-order valence-corrected chi connectivity index (χ0v) is 8.43. The second kappa shape index (κ2) is 3.51. The summed E-state index contributed by atoms with van der Waals surface area (Å²) in [4.78, 5) is 0. The molecule has 0 aliphatic carbocycles. The first kappa shape index (κ1) is 8.76. The highest BCUT2D eigenvalue weighted by atomic mass is 14.9. The Kier molecular flexibility index (Phi) is 2.36. The molecule has 70 valence electrons. The van der Waals surface area contributed by atoms with E-state index in [0.29, 0.717) is 6.04 Å². The van der Waals surface area contributed by atoms with Crippen LogP contribution in [-0.4, -0.2) is 6.04 Å². The highest BCUT2D eigenvalue weighted by Gasteiger charge is 2.13. The Labute approximate surface area is 80.2 Å². The second-order valence-corrected chi connectivity index (χ2v) is 3.94. The Balaban J connectivity index is 2.32.